The van der Waals surface area contributed by atoms with Gasteiger partial charge in [-0.1, -0.05) is 62.4 Å². The number of fused-ring (bicyclic) bond motifs is 5. The Balaban J connectivity index is 1.34. The smallest absolute Gasteiger partial charge is 0.197 e. The number of thiophene rings is 2. The summed E-state index contributed by atoms with van der Waals surface area (Å²) >= 11 is 3.28. The van der Waals surface area contributed by atoms with Crippen molar-refractivity contribution < 1.29 is 14.4 Å². The number of Topliss-reactive ketones (excluding diaryl/α,β-unsaturated/α-hetero) is 3. The molecule has 2 aromatic carbocycles. The van der Waals surface area contributed by atoms with E-state index in [2.05, 4.69) is 30.8 Å². The topological polar surface area (TPSA) is 55.6 Å². The standard InChI is InChI=1S/C36H25NO3S2/c1-5-36(6-2)28-17-20(15-26-30(19(3)37-4)22-11-7-8-12-23(22)31(26)38)41-34(28)35-29(36)18-21(42-35)16-27-32(39)24-13-9-10-14-25(24)33(27)40/h7-18H,5-6H2,1-3H3/b26-15-,30-19?. The third-order valence-electron chi connectivity index (χ3n) is 8.91. The summed E-state index contributed by atoms with van der Waals surface area (Å²) < 4.78 is 0. The molecular weight excluding hydrogens is 559 g/mol. The van der Waals surface area contributed by atoms with Crippen molar-refractivity contribution in [2.75, 3.05) is 0 Å². The van der Waals surface area contributed by atoms with Gasteiger partial charge in [0.1, 0.15) is 0 Å². The van der Waals surface area contributed by atoms with E-state index in [1.807, 2.05) is 30.3 Å². The lowest BCUT2D eigenvalue weighted by Crippen LogP contribution is -2.22. The Morgan fingerprint density at radius 2 is 1.17 bits per heavy atom. The largest absolute Gasteiger partial charge is 0.289 e. The van der Waals surface area contributed by atoms with Crippen LogP contribution in [-0.2, 0) is 5.41 Å². The summed E-state index contributed by atoms with van der Waals surface area (Å²) in [6.45, 7) is 13.8. The van der Waals surface area contributed by atoms with Crippen LogP contribution in [0.5, 0.6) is 0 Å². The van der Waals surface area contributed by atoms with Crippen molar-refractivity contribution >= 4 is 57.7 Å². The van der Waals surface area contributed by atoms with Gasteiger partial charge >= 0.3 is 0 Å². The second kappa shape index (κ2) is 9.55. The van der Waals surface area contributed by atoms with Gasteiger partial charge in [-0.15, -0.1) is 22.7 Å². The molecule has 204 valence electrons. The van der Waals surface area contributed by atoms with Crippen LogP contribution in [0.4, 0.5) is 0 Å². The number of rotatable bonds is 4. The van der Waals surface area contributed by atoms with Crippen molar-refractivity contribution in [1.82, 2.24) is 0 Å². The maximum Gasteiger partial charge on any atom is 0.197 e. The molecule has 2 aromatic heterocycles. The third-order valence-corrected chi connectivity index (χ3v) is 11.2. The van der Waals surface area contributed by atoms with Crippen LogP contribution in [0.2, 0.25) is 0 Å². The van der Waals surface area contributed by atoms with Crippen LogP contribution in [0.15, 0.2) is 77.5 Å². The lowest BCUT2D eigenvalue weighted by molar-refractivity contribution is 0.0988. The molecule has 0 saturated heterocycles. The Hall–Kier alpha value is -4.44. The number of ketones is 3. The zero-order valence-electron chi connectivity index (χ0n) is 23.3. The number of carbonyl (C=O) groups is 3. The van der Waals surface area contributed by atoms with Gasteiger partial charge in [-0.05, 0) is 66.3 Å². The van der Waals surface area contributed by atoms with E-state index in [0.717, 1.165) is 28.2 Å². The zero-order chi connectivity index (χ0) is 29.3. The Labute approximate surface area is 252 Å². The first-order valence-corrected chi connectivity index (χ1v) is 15.6. The second-order valence-corrected chi connectivity index (χ2v) is 13.0. The molecule has 4 nitrogen and oxygen atoms in total. The fourth-order valence-electron chi connectivity index (χ4n) is 6.74. The van der Waals surface area contributed by atoms with Crippen LogP contribution < -0.4 is 0 Å². The van der Waals surface area contributed by atoms with Gasteiger partial charge in [-0.25, -0.2) is 4.85 Å². The van der Waals surface area contributed by atoms with Crippen molar-refractivity contribution in [2.45, 2.75) is 39.0 Å². The van der Waals surface area contributed by atoms with Gasteiger partial charge < -0.3 is 0 Å². The first-order chi connectivity index (χ1) is 20.3. The number of hydrogen-bond donors (Lipinski definition) is 0. The molecule has 0 bridgehead atoms. The Kier molecular flexibility index (Phi) is 6.02. The van der Waals surface area contributed by atoms with Crippen LogP contribution >= 0.6 is 22.7 Å². The molecule has 6 heteroatoms. The van der Waals surface area contributed by atoms with E-state index < -0.39 is 0 Å². The normalized spacial score (nSPS) is 18.2. The molecule has 0 aliphatic heterocycles. The highest BCUT2D eigenvalue weighted by atomic mass is 32.1. The molecule has 3 aliphatic carbocycles. The van der Waals surface area contributed by atoms with Gasteiger partial charge in [-0.3, -0.25) is 14.4 Å². The van der Waals surface area contributed by atoms with E-state index in [0.29, 0.717) is 33.5 Å². The molecule has 0 amide bonds. The molecule has 0 atom stereocenters. The number of allylic oxidation sites excluding steroid dienone is 4. The summed E-state index contributed by atoms with van der Waals surface area (Å²) in [7, 11) is 0. The molecular formula is C36H25NO3S2. The van der Waals surface area contributed by atoms with Crippen LogP contribution in [0.25, 0.3) is 32.3 Å². The monoisotopic (exact) mass is 583 g/mol. The van der Waals surface area contributed by atoms with Crippen LogP contribution in [0.3, 0.4) is 0 Å². The zero-order valence-corrected chi connectivity index (χ0v) is 25.0. The first-order valence-electron chi connectivity index (χ1n) is 14.0. The van der Waals surface area contributed by atoms with Crippen molar-refractivity contribution in [3.05, 3.63) is 132 Å². The van der Waals surface area contributed by atoms with E-state index >= 15 is 0 Å². The fourth-order valence-corrected chi connectivity index (χ4v) is 9.30. The molecule has 4 aromatic rings. The fraction of sp³-hybridized carbons (Fsp3) is 0.167. The molecule has 0 spiro atoms. The molecule has 0 N–H and O–H groups in total. The van der Waals surface area contributed by atoms with Crippen LogP contribution in [0.1, 0.15) is 91.1 Å². The maximum atomic E-state index is 13.5. The number of hydrogen-bond acceptors (Lipinski definition) is 5. The lowest BCUT2D eigenvalue weighted by atomic mass is 9.75. The lowest BCUT2D eigenvalue weighted by Gasteiger charge is -2.28. The predicted molar refractivity (Wildman–Crippen MR) is 170 cm³/mol. The van der Waals surface area contributed by atoms with Gasteiger partial charge in [0.05, 0.1) is 12.1 Å². The van der Waals surface area contributed by atoms with Crippen LogP contribution in [-0.4, -0.2) is 17.3 Å². The SMILES string of the molecule is [C-]#[N+]C(C)=C1/C(=C/c2cc3c(s2)-c2sc(C=C4C(=O)c5ccccc5C4=O)cc2C3(CC)CC)C(=O)c2ccccc21. The number of nitrogens with zero attached hydrogens (tertiary/aromatic N) is 1. The highest BCUT2D eigenvalue weighted by molar-refractivity contribution is 7.23. The highest BCUT2D eigenvalue weighted by Gasteiger charge is 2.44. The first kappa shape index (κ1) is 26.5. The molecule has 3 aliphatic rings. The molecule has 7 rings (SSSR count). The second-order valence-electron chi connectivity index (χ2n) is 10.8. The molecule has 42 heavy (non-hydrogen) atoms. The minimum atomic E-state index is -0.215. The van der Waals surface area contributed by atoms with Crippen molar-refractivity contribution in [1.29, 1.82) is 0 Å². The van der Waals surface area contributed by atoms with Crippen molar-refractivity contribution in [2.24, 2.45) is 0 Å². The van der Waals surface area contributed by atoms with Gasteiger partial charge in [0.2, 0.25) is 0 Å². The van der Waals surface area contributed by atoms with Gasteiger partial charge in [0, 0.05) is 47.2 Å². The quantitative estimate of drug-likeness (QED) is 0.137. The predicted octanol–water partition coefficient (Wildman–Crippen LogP) is 9.29. The van der Waals surface area contributed by atoms with Gasteiger partial charge in [-0.2, -0.15) is 0 Å². The average molecular weight is 584 g/mol. The maximum absolute atomic E-state index is 13.5. The summed E-state index contributed by atoms with van der Waals surface area (Å²) in [5, 5.41) is 0. The van der Waals surface area contributed by atoms with Gasteiger partial charge in [0.15, 0.2) is 23.0 Å². The molecule has 0 unspecified atom stereocenters. The van der Waals surface area contributed by atoms with E-state index in [1.54, 1.807) is 59.9 Å². The summed E-state index contributed by atoms with van der Waals surface area (Å²) in [6.07, 6.45) is 5.52. The number of carbonyl (C=O) groups excluding carboxylic acids is 3. The van der Waals surface area contributed by atoms with E-state index in [-0.39, 0.29) is 28.3 Å². The Morgan fingerprint density at radius 1 is 0.738 bits per heavy atom. The third kappa shape index (κ3) is 3.54. The van der Waals surface area contributed by atoms with Gasteiger partial charge in [0.25, 0.3) is 0 Å². The van der Waals surface area contributed by atoms with Crippen molar-refractivity contribution in [3.63, 3.8) is 0 Å². The minimum absolute atomic E-state index is 0.0491. The average Bonchev–Trinajstić information content (AvgIpc) is 3.78. The molecule has 0 fully saturated rings. The van der Waals surface area contributed by atoms with Crippen molar-refractivity contribution in [3.8, 4) is 9.75 Å². The summed E-state index contributed by atoms with van der Waals surface area (Å²) in [5.74, 6) is -0.479. The van der Waals surface area contributed by atoms with Crippen LogP contribution in [0, 0.1) is 6.57 Å². The molecule has 0 saturated carbocycles. The van der Waals surface area contributed by atoms with E-state index in [9.17, 15) is 14.4 Å². The number of benzene rings is 2. The summed E-state index contributed by atoms with van der Waals surface area (Å²) in [4.78, 5) is 47.5. The summed E-state index contributed by atoms with van der Waals surface area (Å²) in [5.41, 5.74) is 6.73. The van der Waals surface area contributed by atoms with E-state index in [4.69, 9.17) is 6.57 Å². The Morgan fingerprint density at radius 3 is 1.64 bits per heavy atom. The molecule has 2 heterocycles. The summed E-state index contributed by atoms with van der Waals surface area (Å²) in [6, 6.07) is 18.9. The Bertz CT molecular complexity index is 2000. The van der Waals surface area contributed by atoms with E-state index in [1.165, 1.54) is 20.9 Å². The minimum Gasteiger partial charge on any atom is -0.289 e. The molecule has 0 radical (unpaired) electrons. The highest BCUT2D eigenvalue weighted by Crippen LogP contribution is 2.59.